The number of anilines is 2. The lowest BCUT2D eigenvalue weighted by Gasteiger charge is -2.23. The molecule has 0 saturated heterocycles. The number of benzene rings is 2. The average molecular weight is 438 g/mol. The summed E-state index contributed by atoms with van der Waals surface area (Å²) in [6.45, 7) is 1.90. The molecule has 0 radical (unpaired) electrons. The highest BCUT2D eigenvalue weighted by Gasteiger charge is 2.34. The molecule has 1 atom stereocenters. The Balaban J connectivity index is 1.58. The van der Waals surface area contributed by atoms with E-state index in [0.29, 0.717) is 11.3 Å². The number of halogens is 1. The number of aromatic amines is 1. The zero-order valence-electron chi connectivity index (χ0n) is 16.6. The van der Waals surface area contributed by atoms with Crippen molar-refractivity contribution in [1.29, 1.82) is 0 Å². The van der Waals surface area contributed by atoms with Crippen molar-refractivity contribution in [1.82, 2.24) is 9.97 Å². The van der Waals surface area contributed by atoms with Gasteiger partial charge in [0.1, 0.15) is 11.6 Å². The van der Waals surface area contributed by atoms with Gasteiger partial charge in [0, 0.05) is 17.9 Å². The topological polar surface area (TPSA) is 104 Å². The maximum Gasteiger partial charge on any atom is 0.257 e. The van der Waals surface area contributed by atoms with Crippen LogP contribution in [0.3, 0.4) is 0 Å². The molecule has 0 aliphatic carbocycles. The molecule has 0 unspecified atom stereocenters. The minimum Gasteiger partial charge on any atom is -0.326 e. The summed E-state index contributed by atoms with van der Waals surface area (Å²) in [5.41, 5.74) is 1.62. The van der Waals surface area contributed by atoms with Gasteiger partial charge in [-0.2, -0.15) is 0 Å². The van der Waals surface area contributed by atoms with Crippen molar-refractivity contribution < 1.29 is 14.0 Å². The molecule has 1 aliphatic heterocycles. The van der Waals surface area contributed by atoms with E-state index >= 15 is 0 Å². The van der Waals surface area contributed by atoms with E-state index < -0.39 is 23.3 Å². The second kappa shape index (κ2) is 8.73. The highest BCUT2D eigenvalue weighted by molar-refractivity contribution is 7.98. The number of amides is 2. The third kappa shape index (κ3) is 4.66. The first-order chi connectivity index (χ1) is 14.9. The molecule has 2 amide bonds. The van der Waals surface area contributed by atoms with Gasteiger partial charge in [-0.3, -0.25) is 14.4 Å². The van der Waals surface area contributed by atoms with Gasteiger partial charge in [-0.25, -0.2) is 9.37 Å². The van der Waals surface area contributed by atoms with Crippen molar-refractivity contribution in [3.05, 3.63) is 81.4 Å². The third-order valence-electron chi connectivity index (χ3n) is 4.85. The molecule has 7 nitrogen and oxygen atoms in total. The van der Waals surface area contributed by atoms with Crippen molar-refractivity contribution in [2.45, 2.75) is 30.2 Å². The van der Waals surface area contributed by atoms with Crippen LogP contribution in [0.5, 0.6) is 0 Å². The Hall–Kier alpha value is -3.46. The van der Waals surface area contributed by atoms with Gasteiger partial charge in [0.05, 0.1) is 11.5 Å². The molecule has 158 valence electrons. The zero-order valence-corrected chi connectivity index (χ0v) is 17.4. The predicted octanol–water partition coefficient (Wildman–Crippen LogP) is 3.57. The van der Waals surface area contributed by atoms with E-state index in [2.05, 4.69) is 20.6 Å². The van der Waals surface area contributed by atoms with Gasteiger partial charge in [0.15, 0.2) is 5.16 Å². The van der Waals surface area contributed by atoms with Gasteiger partial charge < -0.3 is 15.6 Å². The molecule has 4 rings (SSSR count). The molecule has 9 heteroatoms. The number of hydrogen-bond donors (Lipinski definition) is 3. The van der Waals surface area contributed by atoms with Crippen LogP contribution in [-0.2, 0) is 15.3 Å². The lowest BCUT2D eigenvalue weighted by Crippen LogP contribution is -2.36. The molecule has 31 heavy (non-hydrogen) atoms. The van der Waals surface area contributed by atoms with Crippen LogP contribution in [0.1, 0.15) is 29.0 Å². The standard InChI is InChI=1S/C22H19FN4O3S/c1-12-5-4-7-14(9-12)24-20(29)15-10-17(28)25-19-18(15)21(30)27-22(26-19)31-11-13-6-2-3-8-16(13)23/h2-9,15H,10-11H2,1H3,(H,24,29)(H2,25,26,27,28,30)/t15-/m0/s1. The van der Waals surface area contributed by atoms with Crippen molar-refractivity contribution in [2.24, 2.45) is 0 Å². The van der Waals surface area contributed by atoms with Crippen LogP contribution in [-0.4, -0.2) is 21.8 Å². The van der Waals surface area contributed by atoms with Crippen molar-refractivity contribution in [3.8, 4) is 0 Å². The summed E-state index contributed by atoms with van der Waals surface area (Å²) in [6.07, 6.45) is -0.156. The van der Waals surface area contributed by atoms with Crippen LogP contribution in [0.25, 0.3) is 0 Å². The number of nitrogens with zero attached hydrogens (tertiary/aromatic N) is 1. The van der Waals surface area contributed by atoms with Crippen LogP contribution in [0.2, 0.25) is 0 Å². The Morgan fingerprint density at radius 3 is 2.81 bits per heavy atom. The van der Waals surface area contributed by atoms with E-state index in [1.165, 1.54) is 6.07 Å². The smallest absolute Gasteiger partial charge is 0.257 e. The van der Waals surface area contributed by atoms with E-state index in [9.17, 15) is 18.8 Å². The predicted molar refractivity (Wildman–Crippen MR) is 117 cm³/mol. The number of fused-ring (bicyclic) bond motifs is 1. The molecule has 0 saturated carbocycles. The minimum atomic E-state index is -0.967. The van der Waals surface area contributed by atoms with E-state index in [4.69, 9.17) is 0 Å². The number of rotatable bonds is 5. The maximum absolute atomic E-state index is 13.8. The van der Waals surface area contributed by atoms with E-state index in [1.807, 2.05) is 13.0 Å². The lowest BCUT2D eigenvalue weighted by molar-refractivity contribution is -0.123. The average Bonchev–Trinajstić information content (AvgIpc) is 2.72. The van der Waals surface area contributed by atoms with Crippen LogP contribution >= 0.6 is 11.8 Å². The number of carbonyl (C=O) groups is 2. The Kier molecular flexibility index (Phi) is 5.85. The molecular formula is C22H19FN4O3S. The summed E-state index contributed by atoms with van der Waals surface area (Å²) in [5.74, 6) is -1.87. The van der Waals surface area contributed by atoms with E-state index in [0.717, 1.165) is 17.3 Å². The van der Waals surface area contributed by atoms with Gasteiger partial charge in [0.2, 0.25) is 11.8 Å². The van der Waals surface area contributed by atoms with Crippen LogP contribution in [0, 0.1) is 12.7 Å². The molecule has 0 bridgehead atoms. The second-order valence-electron chi connectivity index (χ2n) is 7.18. The molecule has 2 aromatic carbocycles. The summed E-state index contributed by atoms with van der Waals surface area (Å²) in [4.78, 5) is 44.8. The van der Waals surface area contributed by atoms with Gasteiger partial charge in [-0.05, 0) is 36.2 Å². The van der Waals surface area contributed by atoms with Crippen LogP contribution in [0.4, 0.5) is 15.9 Å². The molecule has 1 aromatic heterocycles. The summed E-state index contributed by atoms with van der Waals surface area (Å²) in [5, 5.41) is 5.56. The molecule has 2 heterocycles. The Morgan fingerprint density at radius 2 is 2.03 bits per heavy atom. The summed E-state index contributed by atoms with van der Waals surface area (Å²) in [6, 6.07) is 13.6. The Bertz CT molecular complexity index is 1230. The highest BCUT2D eigenvalue weighted by atomic mass is 32.2. The molecule has 0 spiro atoms. The normalized spacial score (nSPS) is 15.2. The number of thioether (sulfide) groups is 1. The third-order valence-corrected chi connectivity index (χ3v) is 5.78. The maximum atomic E-state index is 13.8. The molecule has 3 N–H and O–H groups in total. The van der Waals surface area contributed by atoms with E-state index in [1.54, 1.807) is 36.4 Å². The first kappa shape index (κ1) is 20.8. The van der Waals surface area contributed by atoms with Gasteiger partial charge in [-0.1, -0.05) is 42.1 Å². The fourth-order valence-corrected chi connectivity index (χ4v) is 4.20. The first-order valence-corrected chi connectivity index (χ1v) is 10.6. The molecule has 0 fully saturated rings. The van der Waals surface area contributed by atoms with Crippen molar-refractivity contribution in [3.63, 3.8) is 0 Å². The first-order valence-electron chi connectivity index (χ1n) is 9.58. The summed E-state index contributed by atoms with van der Waals surface area (Å²) in [7, 11) is 0. The zero-order chi connectivity index (χ0) is 22.0. The number of carbonyl (C=O) groups excluding carboxylic acids is 2. The van der Waals surface area contributed by atoms with Crippen molar-refractivity contribution >= 4 is 35.1 Å². The number of aryl methyl sites for hydroxylation is 1. The SMILES string of the molecule is Cc1cccc(NC(=O)[C@H]2CC(=O)Nc3nc(SCc4ccccc4F)[nH]c(=O)c32)c1. The molecule has 1 aliphatic rings. The molecule has 3 aromatic rings. The number of nitrogens with one attached hydrogen (secondary N) is 3. The van der Waals surface area contributed by atoms with Gasteiger partial charge in [-0.15, -0.1) is 0 Å². The van der Waals surface area contributed by atoms with Gasteiger partial charge >= 0.3 is 0 Å². The fourth-order valence-electron chi connectivity index (χ4n) is 3.36. The van der Waals surface area contributed by atoms with Crippen LogP contribution < -0.4 is 16.2 Å². The second-order valence-corrected chi connectivity index (χ2v) is 8.14. The number of H-pyrrole nitrogens is 1. The largest absolute Gasteiger partial charge is 0.326 e. The minimum absolute atomic E-state index is 0.0559. The summed E-state index contributed by atoms with van der Waals surface area (Å²) >= 11 is 1.13. The van der Waals surface area contributed by atoms with Gasteiger partial charge in [0.25, 0.3) is 5.56 Å². The van der Waals surface area contributed by atoms with Crippen molar-refractivity contribution in [2.75, 3.05) is 10.6 Å². The summed E-state index contributed by atoms with van der Waals surface area (Å²) < 4.78 is 13.8. The Labute approximate surface area is 181 Å². The number of hydrogen-bond acceptors (Lipinski definition) is 5. The number of aromatic nitrogens is 2. The lowest BCUT2D eigenvalue weighted by atomic mass is 9.92. The monoisotopic (exact) mass is 438 g/mol. The fraction of sp³-hybridized carbons (Fsp3) is 0.182. The Morgan fingerprint density at radius 1 is 1.23 bits per heavy atom. The highest BCUT2D eigenvalue weighted by Crippen LogP contribution is 2.31. The van der Waals surface area contributed by atoms with Crippen LogP contribution in [0.15, 0.2) is 58.5 Å². The quantitative estimate of drug-likeness (QED) is 0.417. The van der Waals surface area contributed by atoms with E-state index in [-0.39, 0.29) is 34.5 Å². The molecular weight excluding hydrogens is 419 g/mol.